The molecule has 1 atom stereocenters. The fraction of sp³-hybridized carbons (Fsp3) is 0.562. The van der Waals surface area contributed by atoms with Gasteiger partial charge in [0.05, 0.1) is 18.6 Å². The smallest absolute Gasteiger partial charge is 0.289 e. The molecule has 2 aliphatic rings. The van der Waals surface area contributed by atoms with Crippen molar-refractivity contribution in [1.82, 2.24) is 15.0 Å². The molecular weight excluding hydrogens is 334 g/mol. The van der Waals surface area contributed by atoms with Gasteiger partial charge in [0, 0.05) is 12.5 Å². The summed E-state index contributed by atoms with van der Waals surface area (Å²) in [5, 5.41) is 15.0. The molecule has 7 nitrogen and oxygen atoms in total. The number of amides is 1. The number of nitrogens with zero attached hydrogens (tertiary/aromatic N) is 3. The first-order chi connectivity index (χ1) is 11.5. The van der Waals surface area contributed by atoms with E-state index in [-0.39, 0.29) is 29.9 Å². The van der Waals surface area contributed by atoms with Crippen LogP contribution in [0.4, 0.5) is 0 Å². The number of piperidine rings is 1. The Labute approximate surface area is 143 Å². The summed E-state index contributed by atoms with van der Waals surface area (Å²) >= 11 is 5.73. The molecule has 4 rings (SSSR count). The molecule has 1 N–H and O–H groups in total. The third-order valence-electron chi connectivity index (χ3n) is 4.53. The third-order valence-corrected chi connectivity index (χ3v) is 4.74. The van der Waals surface area contributed by atoms with Crippen LogP contribution in [0.15, 0.2) is 21.1 Å². The number of hydrogen-bond donors (Lipinski definition) is 1. The number of hydrogen-bond acceptors (Lipinski definition) is 6. The van der Waals surface area contributed by atoms with E-state index in [4.69, 9.17) is 20.5 Å². The summed E-state index contributed by atoms with van der Waals surface area (Å²) in [6.07, 6.45) is 3.71. The van der Waals surface area contributed by atoms with Gasteiger partial charge in [0.2, 0.25) is 5.89 Å². The Hall–Kier alpha value is -1.86. The van der Waals surface area contributed by atoms with Crippen LogP contribution < -0.4 is 0 Å². The van der Waals surface area contributed by atoms with Crippen molar-refractivity contribution in [1.29, 1.82) is 0 Å². The predicted molar refractivity (Wildman–Crippen MR) is 83.8 cm³/mol. The second kappa shape index (κ2) is 5.89. The average Bonchev–Trinajstić information content (AvgIpc) is 3.16. The van der Waals surface area contributed by atoms with Crippen molar-refractivity contribution in [2.75, 3.05) is 13.1 Å². The van der Waals surface area contributed by atoms with Gasteiger partial charge in [-0.05, 0) is 49.4 Å². The SMILES string of the molecule is O=C(c1ccc(Cl)o1)N1CCCC(O)(Cc2nc(C3CC3)no2)C1. The molecule has 1 unspecified atom stereocenters. The fourth-order valence-electron chi connectivity index (χ4n) is 3.14. The van der Waals surface area contributed by atoms with E-state index in [9.17, 15) is 9.90 Å². The van der Waals surface area contributed by atoms with E-state index >= 15 is 0 Å². The number of halogens is 1. The lowest BCUT2D eigenvalue weighted by Crippen LogP contribution is -2.51. The van der Waals surface area contributed by atoms with Crippen LogP contribution in [0, 0.1) is 0 Å². The zero-order valence-electron chi connectivity index (χ0n) is 13.1. The first-order valence-corrected chi connectivity index (χ1v) is 8.50. The summed E-state index contributed by atoms with van der Waals surface area (Å²) < 4.78 is 10.4. The van der Waals surface area contributed by atoms with Gasteiger partial charge in [-0.3, -0.25) is 4.79 Å². The summed E-state index contributed by atoms with van der Waals surface area (Å²) in [4.78, 5) is 18.4. The third kappa shape index (κ3) is 3.18. The number of aromatic nitrogens is 2. The van der Waals surface area contributed by atoms with Gasteiger partial charge < -0.3 is 18.9 Å². The van der Waals surface area contributed by atoms with Crippen molar-refractivity contribution in [2.24, 2.45) is 0 Å². The summed E-state index contributed by atoms with van der Waals surface area (Å²) in [6.45, 7) is 0.766. The van der Waals surface area contributed by atoms with Crippen molar-refractivity contribution >= 4 is 17.5 Å². The highest BCUT2D eigenvalue weighted by molar-refractivity contribution is 6.29. The Morgan fingerprint density at radius 2 is 2.29 bits per heavy atom. The molecule has 2 aromatic heterocycles. The van der Waals surface area contributed by atoms with Gasteiger partial charge in [-0.2, -0.15) is 4.98 Å². The minimum absolute atomic E-state index is 0.170. The maximum Gasteiger partial charge on any atom is 0.289 e. The first kappa shape index (κ1) is 15.7. The van der Waals surface area contributed by atoms with Crippen LogP contribution in [0.3, 0.4) is 0 Å². The Kier molecular flexibility index (Phi) is 3.85. The van der Waals surface area contributed by atoms with Crippen molar-refractivity contribution in [3.63, 3.8) is 0 Å². The van der Waals surface area contributed by atoms with Crippen molar-refractivity contribution < 1.29 is 18.8 Å². The van der Waals surface area contributed by atoms with Crippen molar-refractivity contribution in [3.05, 3.63) is 34.8 Å². The molecular formula is C16H18ClN3O4. The van der Waals surface area contributed by atoms with E-state index in [0.717, 1.165) is 18.7 Å². The molecule has 1 saturated carbocycles. The van der Waals surface area contributed by atoms with Crippen LogP contribution in [-0.4, -0.2) is 44.7 Å². The van der Waals surface area contributed by atoms with Gasteiger partial charge in [0.25, 0.3) is 5.91 Å². The number of carbonyl (C=O) groups excluding carboxylic acids is 1. The maximum absolute atomic E-state index is 12.5. The van der Waals surface area contributed by atoms with E-state index in [1.807, 2.05) is 0 Å². The standard InChI is InChI=1S/C16H18ClN3O4/c17-12-5-4-11(23-12)15(21)20-7-1-6-16(22,9-20)8-13-18-14(19-24-13)10-2-3-10/h4-5,10,22H,1-3,6-9H2. The van der Waals surface area contributed by atoms with E-state index in [0.29, 0.717) is 31.2 Å². The van der Waals surface area contributed by atoms with Crippen molar-refractivity contribution in [2.45, 2.75) is 43.6 Å². The molecule has 2 aromatic rings. The molecule has 2 fully saturated rings. The lowest BCUT2D eigenvalue weighted by Gasteiger charge is -2.38. The topological polar surface area (TPSA) is 92.6 Å². The molecule has 0 aromatic carbocycles. The lowest BCUT2D eigenvalue weighted by molar-refractivity contribution is -0.0294. The second-order valence-corrected chi connectivity index (χ2v) is 7.03. The van der Waals surface area contributed by atoms with E-state index in [2.05, 4.69) is 10.1 Å². The molecule has 1 aliphatic heterocycles. The van der Waals surface area contributed by atoms with Crippen LogP contribution in [-0.2, 0) is 6.42 Å². The summed E-state index contributed by atoms with van der Waals surface area (Å²) in [5.74, 6) is 1.46. The number of likely N-dealkylation sites (tertiary alicyclic amines) is 1. The molecule has 128 valence electrons. The highest BCUT2D eigenvalue weighted by Crippen LogP contribution is 2.38. The molecule has 0 bridgehead atoms. The molecule has 24 heavy (non-hydrogen) atoms. The second-order valence-electron chi connectivity index (χ2n) is 6.66. The van der Waals surface area contributed by atoms with E-state index in [1.54, 1.807) is 4.90 Å². The monoisotopic (exact) mass is 351 g/mol. The summed E-state index contributed by atoms with van der Waals surface area (Å²) in [6, 6.07) is 3.07. The predicted octanol–water partition coefficient (Wildman–Crippen LogP) is 2.40. The number of aliphatic hydroxyl groups is 1. The molecule has 1 amide bonds. The highest BCUT2D eigenvalue weighted by Gasteiger charge is 2.38. The Morgan fingerprint density at radius 1 is 1.46 bits per heavy atom. The fourth-order valence-corrected chi connectivity index (χ4v) is 3.29. The Bertz CT molecular complexity index is 754. The average molecular weight is 352 g/mol. The van der Waals surface area contributed by atoms with Gasteiger partial charge in [0.15, 0.2) is 16.8 Å². The molecule has 0 spiro atoms. The summed E-state index contributed by atoms with van der Waals surface area (Å²) in [7, 11) is 0. The number of furan rings is 1. The number of rotatable bonds is 4. The lowest BCUT2D eigenvalue weighted by atomic mass is 9.89. The van der Waals surface area contributed by atoms with Crippen LogP contribution in [0.25, 0.3) is 0 Å². The van der Waals surface area contributed by atoms with Gasteiger partial charge in [-0.25, -0.2) is 0 Å². The quantitative estimate of drug-likeness (QED) is 0.909. The summed E-state index contributed by atoms with van der Waals surface area (Å²) in [5.41, 5.74) is -1.07. The highest BCUT2D eigenvalue weighted by atomic mass is 35.5. The van der Waals surface area contributed by atoms with Crippen LogP contribution in [0.2, 0.25) is 5.22 Å². The molecule has 8 heteroatoms. The zero-order valence-corrected chi connectivity index (χ0v) is 13.8. The maximum atomic E-state index is 12.5. The largest absolute Gasteiger partial charge is 0.440 e. The molecule has 1 saturated heterocycles. The minimum atomic E-state index is -1.07. The van der Waals surface area contributed by atoms with Crippen LogP contribution in [0.1, 0.15) is 53.9 Å². The van der Waals surface area contributed by atoms with Gasteiger partial charge >= 0.3 is 0 Å². The Morgan fingerprint density at radius 3 is 3.00 bits per heavy atom. The normalized spacial score (nSPS) is 24.3. The van der Waals surface area contributed by atoms with E-state index in [1.165, 1.54) is 12.1 Å². The molecule has 0 radical (unpaired) electrons. The minimum Gasteiger partial charge on any atom is -0.440 e. The molecule has 3 heterocycles. The van der Waals surface area contributed by atoms with Gasteiger partial charge in [0.1, 0.15) is 0 Å². The first-order valence-electron chi connectivity index (χ1n) is 8.12. The van der Waals surface area contributed by atoms with Gasteiger partial charge in [-0.1, -0.05) is 5.16 Å². The Balaban J connectivity index is 1.45. The van der Waals surface area contributed by atoms with E-state index < -0.39 is 5.60 Å². The number of carbonyl (C=O) groups is 1. The van der Waals surface area contributed by atoms with Crippen LogP contribution >= 0.6 is 11.6 Å². The zero-order chi connectivity index (χ0) is 16.7. The molecule has 1 aliphatic carbocycles. The van der Waals surface area contributed by atoms with Gasteiger partial charge in [-0.15, -0.1) is 0 Å². The number of β-amino-alcohol motifs (C(OH)–C–C–N with tert-alkyl or cyclic N) is 1. The van der Waals surface area contributed by atoms with Crippen LogP contribution in [0.5, 0.6) is 0 Å². The van der Waals surface area contributed by atoms with Crippen molar-refractivity contribution in [3.8, 4) is 0 Å².